The van der Waals surface area contributed by atoms with Gasteiger partial charge < -0.3 is 15.4 Å². The Kier molecular flexibility index (Phi) is 5.87. The topological polar surface area (TPSA) is 45.7 Å². The van der Waals surface area contributed by atoms with Gasteiger partial charge in [0.1, 0.15) is 0 Å². The van der Waals surface area contributed by atoms with Crippen LogP contribution in [0.2, 0.25) is 0 Å². The first-order valence-electron chi connectivity index (χ1n) is 8.15. The van der Waals surface area contributed by atoms with Crippen molar-refractivity contribution in [2.24, 2.45) is 4.99 Å². The lowest BCUT2D eigenvalue weighted by Gasteiger charge is -2.26. The lowest BCUT2D eigenvalue weighted by molar-refractivity contribution is 0.0243. The molecule has 1 saturated heterocycles. The molecule has 1 aliphatic rings. The Morgan fingerprint density at radius 3 is 2.86 bits per heavy atom. The third kappa shape index (κ3) is 4.71. The van der Waals surface area contributed by atoms with Gasteiger partial charge in [-0.2, -0.15) is 0 Å². The highest BCUT2D eigenvalue weighted by molar-refractivity contribution is 7.10. The Labute approximate surface area is 138 Å². The van der Waals surface area contributed by atoms with Crippen LogP contribution in [0.15, 0.2) is 22.5 Å². The van der Waals surface area contributed by atoms with Crippen LogP contribution in [0.5, 0.6) is 0 Å². The van der Waals surface area contributed by atoms with Crippen LogP contribution in [0.3, 0.4) is 0 Å². The number of ether oxygens (including phenoxy) is 1. The maximum absolute atomic E-state index is 5.83. The second-order valence-electron chi connectivity index (χ2n) is 6.81. The highest BCUT2D eigenvalue weighted by Gasteiger charge is 2.29. The third-order valence-corrected chi connectivity index (χ3v) is 5.33. The SMILES string of the molecule is CCNC(=NCC(C)(C)c1cccs1)NCC1(C)CCCO1. The molecule has 0 bridgehead atoms. The predicted octanol–water partition coefficient (Wildman–Crippen LogP) is 3.15. The van der Waals surface area contributed by atoms with Gasteiger partial charge in [0, 0.05) is 30.0 Å². The molecule has 2 N–H and O–H groups in total. The maximum atomic E-state index is 5.83. The van der Waals surface area contributed by atoms with Gasteiger partial charge in [-0.3, -0.25) is 4.99 Å². The van der Waals surface area contributed by atoms with Gasteiger partial charge in [0.25, 0.3) is 0 Å². The van der Waals surface area contributed by atoms with Gasteiger partial charge in [0.2, 0.25) is 0 Å². The van der Waals surface area contributed by atoms with Crippen molar-refractivity contribution in [2.75, 3.05) is 26.2 Å². The van der Waals surface area contributed by atoms with Crippen molar-refractivity contribution >= 4 is 17.3 Å². The van der Waals surface area contributed by atoms with E-state index in [0.717, 1.165) is 45.0 Å². The normalized spacial score (nSPS) is 22.8. The van der Waals surface area contributed by atoms with Crippen LogP contribution in [0.1, 0.15) is 45.4 Å². The number of hydrogen-bond donors (Lipinski definition) is 2. The molecule has 0 saturated carbocycles. The van der Waals surface area contributed by atoms with Gasteiger partial charge in [-0.1, -0.05) is 19.9 Å². The molecule has 1 aromatic heterocycles. The highest BCUT2D eigenvalue weighted by atomic mass is 32.1. The molecule has 1 aliphatic heterocycles. The lowest BCUT2D eigenvalue weighted by atomic mass is 9.92. The summed E-state index contributed by atoms with van der Waals surface area (Å²) in [6, 6.07) is 4.29. The zero-order valence-electron chi connectivity index (χ0n) is 14.2. The van der Waals surface area contributed by atoms with Crippen LogP contribution in [-0.4, -0.2) is 37.8 Å². The fourth-order valence-electron chi connectivity index (χ4n) is 2.61. The molecule has 1 fully saturated rings. The van der Waals surface area contributed by atoms with Crippen LogP contribution >= 0.6 is 11.3 Å². The Hall–Kier alpha value is -1.07. The van der Waals surface area contributed by atoms with Gasteiger partial charge >= 0.3 is 0 Å². The van der Waals surface area contributed by atoms with Crippen molar-refractivity contribution in [3.05, 3.63) is 22.4 Å². The molecule has 5 heteroatoms. The Morgan fingerprint density at radius 2 is 2.27 bits per heavy atom. The van der Waals surface area contributed by atoms with Crippen molar-refractivity contribution in [3.63, 3.8) is 0 Å². The van der Waals surface area contributed by atoms with E-state index in [4.69, 9.17) is 9.73 Å². The maximum Gasteiger partial charge on any atom is 0.191 e. The van der Waals surface area contributed by atoms with Crippen molar-refractivity contribution in [2.45, 2.75) is 51.6 Å². The summed E-state index contributed by atoms with van der Waals surface area (Å²) in [7, 11) is 0. The highest BCUT2D eigenvalue weighted by Crippen LogP contribution is 2.27. The fourth-order valence-corrected chi connectivity index (χ4v) is 3.45. The van der Waals surface area contributed by atoms with Crippen molar-refractivity contribution < 1.29 is 4.74 Å². The minimum Gasteiger partial charge on any atom is -0.373 e. The smallest absolute Gasteiger partial charge is 0.191 e. The van der Waals surface area contributed by atoms with Crippen molar-refractivity contribution in [3.8, 4) is 0 Å². The molecule has 1 aromatic rings. The monoisotopic (exact) mass is 323 g/mol. The summed E-state index contributed by atoms with van der Waals surface area (Å²) in [5.74, 6) is 0.879. The van der Waals surface area contributed by atoms with E-state index in [1.807, 2.05) is 0 Å². The number of thiophene rings is 1. The number of aliphatic imine (C=N–C) groups is 1. The summed E-state index contributed by atoms with van der Waals surface area (Å²) in [4.78, 5) is 6.15. The number of hydrogen-bond acceptors (Lipinski definition) is 3. The summed E-state index contributed by atoms with van der Waals surface area (Å²) in [5.41, 5.74) is 0.00371. The molecular formula is C17H29N3OS. The van der Waals surface area contributed by atoms with E-state index in [-0.39, 0.29) is 11.0 Å². The average Bonchev–Trinajstić information content (AvgIpc) is 3.14. The minimum atomic E-state index is -0.0561. The fraction of sp³-hybridized carbons (Fsp3) is 0.706. The van der Waals surface area contributed by atoms with Crippen LogP contribution in [-0.2, 0) is 10.2 Å². The molecule has 1 unspecified atom stereocenters. The first-order chi connectivity index (χ1) is 10.5. The zero-order chi connectivity index (χ0) is 16.1. The van der Waals surface area contributed by atoms with E-state index in [2.05, 4.69) is 55.8 Å². The van der Waals surface area contributed by atoms with E-state index in [1.165, 1.54) is 4.88 Å². The van der Waals surface area contributed by atoms with Gasteiger partial charge in [-0.05, 0) is 38.1 Å². The number of nitrogens with one attached hydrogen (secondary N) is 2. The van der Waals surface area contributed by atoms with E-state index >= 15 is 0 Å². The largest absolute Gasteiger partial charge is 0.373 e. The summed E-state index contributed by atoms with van der Waals surface area (Å²) in [6.07, 6.45) is 2.26. The van der Waals surface area contributed by atoms with Gasteiger partial charge in [-0.25, -0.2) is 0 Å². The first kappa shape index (κ1) is 17.3. The van der Waals surface area contributed by atoms with E-state index in [1.54, 1.807) is 11.3 Å². The Morgan fingerprint density at radius 1 is 1.45 bits per heavy atom. The second-order valence-corrected chi connectivity index (χ2v) is 7.76. The molecule has 0 aromatic carbocycles. The van der Waals surface area contributed by atoms with Crippen LogP contribution < -0.4 is 10.6 Å². The van der Waals surface area contributed by atoms with Gasteiger partial charge in [0.15, 0.2) is 5.96 Å². The van der Waals surface area contributed by atoms with E-state index < -0.39 is 0 Å². The van der Waals surface area contributed by atoms with Crippen molar-refractivity contribution in [1.82, 2.24) is 10.6 Å². The molecule has 4 nitrogen and oxygen atoms in total. The molecule has 0 spiro atoms. The summed E-state index contributed by atoms with van der Waals surface area (Å²) < 4.78 is 5.83. The molecule has 2 rings (SSSR count). The number of guanidine groups is 1. The summed E-state index contributed by atoms with van der Waals surface area (Å²) >= 11 is 1.80. The van der Waals surface area contributed by atoms with Gasteiger partial charge in [0.05, 0.1) is 12.1 Å². The Bertz CT molecular complexity index is 476. The predicted molar refractivity (Wildman–Crippen MR) is 94.9 cm³/mol. The average molecular weight is 324 g/mol. The van der Waals surface area contributed by atoms with Crippen LogP contribution in [0.25, 0.3) is 0 Å². The third-order valence-electron chi connectivity index (χ3n) is 4.10. The van der Waals surface area contributed by atoms with E-state index in [0.29, 0.717) is 0 Å². The summed E-state index contributed by atoms with van der Waals surface area (Å²) in [5, 5.41) is 8.89. The van der Waals surface area contributed by atoms with Crippen LogP contribution in [0, 0.1) is 0 Å². The molecule has 0 aliphatic carbocycles. The van der Waals surface area contributed by atoms with Crippen LogP contribution in [0.4, 0.5) is 0 Å². The molecule has 0 radical (unpaired) electrons. The molecule has 2 heterocycles. The molecule has 1 atom stereocenters. The number of rotatable bonds is 6. The number of nitrogens with zero attached hydrogens (tertiary/aromatic N) is 1. The molecule has 22 heavy (non-hydrogen) atoms. The zero-order valence-corrected chi connectivity index (χ0v) is 15.1. The lowest BCUT2D eigenvalue weighted by Crippen LogP contribution is -2.46. The molecular weight excluding hydrogens is 294 g/mol. The quantitative estimate of drug-likeness (QED) is 0.624. The van der Waals surface area contributed by atoms with Gasteiger partial charge in [-0.15, -0.1) is 11.3 Å². The summed E-state index contributed by atoms with van der Waals surface area (Å²) in [6.45, 7) is 12.1. The standard InChI is InChI=1S/C17H29N3OS/c1-5-18-15(20-13-17(4)9-7-10-21-17)19-12-16(2,3)14-8-6-11-22-14/h6,8,11H,5,7,9-10,12-13H2,1-4H3,(H2,18,19,20). The van der Waals surface area contributed by atoms with E-state index in [9.17, 15) is 0 Å². The molecule has 124 valence electrons. The second kappa shape index (κ2) is 7.47. The minimum absolute atomic E-state index is 0.0561. The van der Waals surface area contributed by atoms with Crippen molar-refractivity contribution in [1.29, 1.82) is 0 Å². The first-order valence-corrected chi connectivity index (χ1v) is 9.03. The molecule has 0 amide bonds. The Balaban J connectivity index is 1.94.